The average Bonchev–Trinajstić information content (AvgIpc) is 3.84. The maximum Gasteiger partial charge on any atom is 0.350 e. The molecule has 6 heteroatoms. The largest absolute Gasteiger partial charge is 0.444 e. The number of nitrogens with zero attached hydrogens (tertiary/aromatic N) is 5. The molecule has 6 aromatic carbocycles. The molecule has 10 aromatic rings. The van der Waals surface area contributed by atoms with E-state index in [0.29, 0.717) is 4.70 Å². The minimum absolute atomic E-state index is 0.306. The fourth-order valence-corrected chi connectivity index (χ4v) is 11.5. The quantitative estimate of drug-likeness (QED) is 0.116. The number of benzene rings is 6. The molecule has 0 bridgehead atoms. The van der Waals surface area contributed by atoms with Gasteiger partial charge in [-0.05, 0) is 98.3 Å². The van der Waals surface area contributed by atoms with E-state index in [4.69, 9.17) is 4.74 Å². The lowest BCUT2D eigenvalue weighted by Gasteiger charge is -2.42. The number of rotatable bonds is 0. The second-order valence-corrected chi connectivity index (χ2v) is 15.0. The fourth-order valence-electron chi connectivity index (χ4n) is 11.5. The lowest BCUT2D eigenvalue weighted by Crippen LogP contribution is -2.86. The number of hydrogen-bond donors (Lipinski definition) is 0. The van der Waals surface area contributed by atoms with E-state index in [9.17, 15) is 0 Å². The molecule has 0 radical (unpaired) electrons. The van der Waals surface area contributed by atoms with Gasteiger partial charge in [-0.2, -0.15) is 9.13 Å². The Morgan fingerprint density at radius 2 is 1.09 bits per heavy atom. The van der Waals surface area contributed by atoms with Crippen molar-refractivity contribution < 1.29 is 14.1 Å². The number of aromatic nitrogens is 4. The number of hydrogen-bond acceptors (Lipinski definition) is 1. The Labute approximate surface area is 302 Å². The van der Waals surface area contributed by atoms with Gasteiger partial charge in [0, 0.05) is 21.9 Å². The summed E-state index contributed by atoms with van der Waals surface area (Å²) in [6, 6.07) is 54.2. The van der Waals surface area contributed by atoms with Gasteiger partial charge in [-0.1, -0.05) is 78.9 Å². The van der Waals surface area contributed by atoms with Crippen molar-refractivity contribution in [2.45, 2.75) is 5.41 Å². The molecule has 2 spiro atoms. The average molecular weight is 677 g/mol. The summed E-state index contributed by atoms with van der Waals surface area (Å²) in [6.45, 7) is 0. The highest BCUT2D eigenvalue weighted by atomic mass is 16.5. The van der Waals surface area contributed by atoms with Crippen molar-refractivity contribution in [1.82, 2.24) is 13.8 Å². The third-order valence-corrected chi connectivity index (χ3v) is 13.1. The number of pyridine rings is 2. The van der Waals surface area contributed by atoms with Crippen molar-refractivity contribution in [1.29, 1.82) is 0 Å². The first-order chi connectivity index (χ1) is 26.3. The standard InChI is InChI=1S/C47H26N5O/c1-4-17-33-27(11-1)28-12-2-5-18-34(28)47(33)35-19-7-14-30-32-16-10-26-49-46(32)51(41(30)35)42-36(47)23-24-40-44(42)52(49)43-38(21-8-22-39(43)53-40)50-37-20-6-3-13-29(37)31-15-9-25-48(52)45(31)50/h1-26H/q+3. The van der Waals surface area contributed by atoms with Crippen molar-refractivity contribution >= 4 is 55.2 Å². The summed E-state index contributed by atoms with van der Waals surface area (Å²) in [5, 5.41) is 4.96. The van der Waals surface area contributed by atoms with E-state index in [-0.39, 0.29) is 0 Å². The van der Waals surface area contributed by atoms with Gasteiger partial charge in [0.05, 0.1) is 20.9 Å². The van der Waals surface area contributed by atoms with Crippen LogP contribution in [0.3, 0.4) is 0 Å². The van der Waals surface area contributed by atoms with E-state index in [1.165, 1.54) is 77.3 Å². The molecular formula is C47H26N5O+3. The highest BCUT2D eigenvalue weighted by molar-refractivity contribution is 6.13. The van der Waals surface area contributed by atoms with Crippen LogP contribution in [-0.2, 0) is 5.41 Å². The van der Waals surface area contributed by atoms with E-state index < -0.39 is 5.41 Å². The lowest BCUT2D eigenvalue weighted by molar-refractivity contribution is -1.02. The van der Waals surface area contributed by atoms with Crippen molar-refractivity contribution in [3.05, 3.63) is 180 Å². The van der Waals surface area contributed by atoms with Crippen LogP contribution in [0, 0.1) is 0 Å². The van der Waals surface area contributed by atoms with Gasteiger partial charge >= 0.3 is 22.7 Å². The van der Waals surface area contributed by atoms with Crippen LogP contribution in [0.4, 0.5) is 11.4 Å². The minimum atomic E-state index is -0.533. The molecule has 0 amide bonds. The second kappa shape index (κ2) is 8.05. The van der Waals surface area contributed by atoms with Gasteiger partial charge < -0.3 is 4.74 Å². The third-order valence-electron chi connectivity index (χ3n) is 13.1. The van der Waals surface area contributed by atoms with Crippen molar-refractivity contribution in [3.63, 3.8) is 0 Å². The summed E-state index contributed by atoms with van der Waals surface area (Å²) in [5.74, 6) is 1.73. The van der Waals surface area contributed by atoms with Crippen LogP contribution < -0.4 is 18.8 Å². The van der Waals surface area contributed by atoms with Gasteiger partial charge in [0.1, 0.15) is 11.0 Å². The molecule has 1 unspecified atom stereocenters. The molecule has 1 aliphatic carbocycles. The van der Waals surface area contributed by atoms with Crippen LogP contribution in [0.1, 0.15) is 22.3 Å². The molecule has 4 aliphatic heterocycles. The molecule has 0 fully saturated rings. The Morgan fingerprint density at radius 3 is 1.91 bits per heavy atom. The highest BCUT2D eigenvalue weighted by Crippen LogP contribution is 2.66. The highest BCUT2D eigenvalue weighted by Gasteiger charge is 2.69. The molecule has 0 saturated heterocycles. The zero-order valence-corrected chi connectivity index (χ0v) is 28.2. The van der Waals surface area contributed by atoms with Crippen LogP contribution in [0.25, 0.3) is 66.4 Å². The maximum atomic E-state index is 7.16. The van der Waals surface area contributed by atoms with Gasteiger partial charge in [0.2, 0.25) is 22.9 Å². The van der Waals surface area contributed by atoms with Gasteiger partial charge in [-0.15, -0.1) is 0 Å². The SMILES string of the molecule is c1ccc2c(c1)-c1ccccc1C21c2ccc3c4c2-n2c5c1cccc5c1ccc[n+](c12)[N+]41c2c(cccc2-n2c4ccccc4c4ccc[n+]1c42)O3. The molecule has 0 saturated carbocycles. The summed E-state index contributed by atoms with van der Waals surface area (Å²) in [6.07, 6.45) is 4.56. The molecular weight excluding hydrogens is 651 g/mol. The van der Waals surface area contributed by atoms with Crippen LogP contribution in [-0.4, -0.2) is 9.13 Å². The topological polar surface area (TPSA) is 26.8 Å². The molecule has 53 heavy (non-hydrogen) atoms. The van der Waals surface area contributed by atoms with Crippen molar-refractivity contribution in [3.8, 4) is 34.0 Å². The van der Waals surface area contributed by atoms with Gasteiger partial charge in [-0.3, -0.25) is 0 Å². The molecule has 0 N–H and O–H groups in total. The fraction of sp³-hybridized carbons (Fsp3) is 0.0213. The predicted molar refractivity (Wildman–Crippen MR) is 205 cm³/mol. The van der Waals surface area contributed by atoms with Crippen LogP contribution in [0.2, 0.25) is 0 Å². The third kappa shape index (κ3) is 2.38. The van der Waals surface area contributed by atoms with E-state index in [2.05, 4.69) is 176 Å². The Balaban J connectivity index is 1.26. The number of fused-ring (bicyclic) bond motifs is 12. The first-order valence-electron chi connectivity index (χ1n) is 18.4. The van der Waals surface area contributed by atoms with Crippen molar-refractivity contribution in [2.75, 3.05) is 0 Å². The number of ether oxygens (including phenoxy) is 1. The van der Waals surface area contributed by atoms with Crippen LogP contribution in [0.5, 0.6) is 11.5 Å². The molecule has 4 aromatic heterocycles. The Kier molecular flexibility index (Phi) is 3.93. The molecule has 6 nitrogen and oxygen atoms in total. The van der Waals surface area contributed by atoms with Gasteiger partial charge in [-0.25, -0.2) is 0 Å². The minimum Gasteiger partial charge on any atom is -0.444 e. The molecule has 1 atom stereocenters. The predicted octanol–water partition coefficient (Wildman–Crippen LogP) is 9.43. The number of para-hydroxylation sites is 3. The van der Waals surface area contributed by atoms with E-state index in [0.717, 1.165) is 34.2 Å². The summed E-state index contributed by atoms with van der Waals surface area (Å²) in [5.41, 5.74) is 16.7. The lowest BCUT2D eigenvalue weighted by atomic mass is 9.65. The monoisotopic (exact) mass is 676 g/mol. The Hall–Kier alpha value is -7.02. The summed E-state index contributed by atoms with van der Waals surface area (Å²) in [4.78, 5) is 0. The first kappa shape index (κ1) is 25.9. The van der Waals surface area contributed by atoms with Gasteiger partial charge in [0.15, 0.2) is 12.4 Å². The second-order valence-electron chi connectivity index (χ2n) is 15.0. The van der Waals surface area contributed by atoms with Crippen LogP contribution in [0.15, 0.2) is 158 Å². The first-order valence-corrected chi connectivity index (χ1v) is 18.4. The van der Waals surface area contributed by atoms with Crippen molar-refractivity contribution in [2.24, 2.45) is 0 Å². The molecule has 242 valence electrons. The smallest absolute Gasteiger partial charge is 0.350 e. The number of quaternary nitrogens is 1. The van der Waals surface area contributed by atoms with E-state index in [1.807, 2.05) is 0 Å². The molecule has 8 heterocycles. The van der Waals surface area contributed by atoms with Crippen LogP contribution >= 0.6 is 0 Å². The maximum absolute atomic E-state index is 7.16. The normalized spacial score (nSPS) is 17.8. The van der Waals surface area contributed by atoms with E-state index >= 15 is 0 Å². The Bertz CT molecular complexity index is 3410. The van der Waals surface area contributed by atoms with Gasteiger partial charge in [0.25, 0.3) is 0 Å². The summed E-state index contributed by atoms with van der Waals surface area (Å²) in [7, 11) is 0. The van der Waals surface area contributed by atoms with E-state index in [1.54, 1.807) is 0 Å². The zero-order chi connectivity index (χ0) is 33.9. The molecule has 15 rings (SSSR count). The Morgan fingerprint density at radius 1 is 0.472 bits per heavy atom. The summed E-state index contributed by atoms with van der Waals surface area (Å²) >= 11 is 0. The molecule has 5 aliphatic rings. The zero-order valence-electron chi connectivity index (χ0n) is 28.2. The summed E-state index contributed by atoms with van der Waals surface area (Å²) < 4.78 is 17.5.